The second-order valence-corrected chi connectivity index (χ2v) is 5.74. The predicted octanol–water partition coefficient (Wildman–Crippen LogP) is -0.676. The van der Waals surface area contributed by atoms with Crippen LogP contribution in [0.4, 0.5) is 5.95 Å². The van der Waals surface area contributed by atoms with Crippen LogP contribution < -0.4 is 16.6 Å². The lowest BCUT2D eigenvalue weighted by Gasteiger charge is -2.10. The van der Waals surface area contributed by atoms with Gasteiger partial charge >= 0.3 is 5.69 Å². The summed E-state index contributed by atoms with van der Waals surface area (Å²) in [6.45, 7) is 3.78. The van der Waals surface area contributed by atoms with E-state index in [1.165, 1.54) is 18.8 Å². The van der Waals surface area contributed by atoms with Crippen molar-refractivity contribution in [3.05, 3.63) is 55.9 Å². The molecule has 0 saturated carbocycles. The lowest BCUT2D eigenvalue weighted by atomic mass is 10.1. The molecule has 2 heterocycles. The molecule has 0 atom stereocenters. The van der Waals surface area contributed by atoms with Gasteiger partial charge in [-0.2, -0.15) is 5.10 Å². The van der Waals surface area contributed by atoms with E-state index in [-0.39, 0.29) is 5.95 Å². The second-order valence-electron chi connectivity index (χ2n) is 5.74. The van der Waals surface area contributed by atoms with Crippen LogP contribution in [0.1, 0.15) is 21.6 Å². The summed E-state index contributed by atoms with van der Waals surface area (Å²) in [7, 11) is 2.89. The maximum Gasteiger partial charge on any atom is 0.351 e. The molecular weight excluding hydrogens is 340 g/mol. The van der Waals surface area contributed by atoms with Gasteiger partial charge in [-0.15, -0.1) is 0 Å². The van der Waals surface area contributed by atoms with Crippen LogP contribution in [0.15, 0.2) is 27.8 Å². The minimum absolute atomic E-state index is 0.0442. The molecule has 0 bridgehead atoms. The van der Waals surface area contributed by atoms with Crippen LogP contribution in [0.2, 0.25) is 0 Å². The number of anilines is 1. The van der Waals surface area contributed by atoms with Crippen molar-refractivity contribution >= 4 is 11.9 Å². The monoisotopic (exact) mass is 356 g/mol. The van der Waals surface area contributed by atoms with Crippen molar-refractivity contribution in [2.75, 3.05) is 5.32 Å². The first-order chi connectivity index (χ1) is 12.3. The minimum Gasteiger partial charge on any atom is -0.288 e. The molecule has 3 rings (SSSR count). The van der Waals surface area contributed by atoms with Crippen molar-refractivity contribution in [1.82, 2.24) is 34.6 Å². The van der Waals surface area contributed by atoms with Crippen LogP contribution in [0.3, 0.4) is 0 Å². The number of nitrogens with zero attached hydrogens (tertiary/aromatic N) is 7. The Balaban J connectivity index is 2.14. The van der Waals surface area contributed by atoms with Crippen molar-refractivity contribution in [3.8, 4) is 5.69 Å². The van der Waals surface area contributed by atoms with Crippen molar-refractivity contribution < 1.29 is 4.79 Å². The van der Waals surface area contributed by atoms with Gasteiger partial charge in [0.2, 0.25) is 11.6 Å². The fourth-order valence-corrected chi connectivity index (χ4v) is 2.30. The molecule has 0 fully saturated rings. The third-order valence-corrected chi connectivity index (χ3v) is 3.93. The van der Waals surface area contributed by atoms with E-state index in [1.807, 2.05) is 13.8 Å². The molecule has 26 heavy (non-hydrogen) atoms. The Hall–Kier alpha value is -3.63. The summed E-state index contributed by atoms with van der Waals surface area (Å²) < 4.78 is 3.06. The van der Waals surface area contributed by atoms with Gasteiger partial charge in [0.1, 0.15) is 0 Å². The van der Waals surface area contributed by atoms with Gasteiger partial charge in [-0.25, -0.2) is 18.7 Å². The molecule has 0 aliphatic heterocycles. The van der Waals surface area contributed by atoms with Crippen LogP contribution in [-0.2, 0) is 14.1 Å². The number of aryl methyl sites for hydroxylation is 4. The fourth-order valence-electron chi connectivity index (χ4n) is 2.30. The van der Waals surface area contributed by atoms with Gasteiger partial charge in [0.25, 0.3) is 11.5 Å². The molecule has 11 heteroatoms. The lowest BCUT2D eigenvalue weighted by molar-refractivity contribution is 0.101. The van der Waals surface area contributed by atoms with Crippen LogP contribution in [0.25, 0.3) is 5.69 Å². The number of amides is 1. The highest BCUT2D eigenvalue weighted by Crippen LogP contribution is 2.11. The summed E-state index contributed by atoms with van der Waals surface area (Å²) in [5.74, 6) is -0.774. The van der Waals surface area contributed by atoms with Crippen molar-refractivity contribution in [2.24, 2.45) is 14.1 Å². The van der Waals surface area contributed by atoms with Gasteiger partial charge in [0.15, 0.2) is 0 Å². The first-order valence-electron chi connectivity index (χ1n) is 7.61. The van der Waals surface area contributed by atoms with E-state index in [9.17, 15) is 14.4 Å². The number of aromatic nitrogens is 7. The number of hydrogen-bond acceptors (Lipinski definition) is 7. The Morgan fingerprint density at radius 3 is 2.42 bits per heavy atom. The summed E-state index contributed by atoms with van der Waals surface area (Å²) in [6.07, 6.45) is 0. The maximum atomic E-state index is 12.8. The Bertz CT molecular complexity index is 1120. The molecule has 2 aromatic heterocycles. The number of nitrogens with one attached hydrogen (secondary N) is 1. The van der Waals surface area contributed by atoms with E-state index < -0.39 is 22.9 Å². The number of benzene rings is 1. The van der Waals surface area contributed by atoms with Crippen molar-refractivity contribution in [3.63, 3.8) is 0 Å². The summed E-state index contributed by atoms with van der Waals surface area (Å²) in [5, 5.41) is 16.8. The van der Waals surface area contributed by atoms with Crippen LogP contribution in [-0.4, -0.2) is 40.5 Å². The molecule has 1 N–H and O–H groups in total. The fraction of sp³-hybridized carbons (Fsp3) is 0.267. The van der Waals surface area contributed by atoms with Crippen molar-refractivity contribution in [2.45, 2.75) is 13.8 Å². The maximum absolute atomic E-state index is 12.8. The zero-order valence-electron chi connectivity index (χ0n) is 14.6. The van der Waals surface area contributed by atoms with Crippen molar-refractivity contribution in [1.29, 1.82) is 0 Å². The lowest BCUT2D eigenvalue weighted by Crippen LogP contribution is -2.43. The molecule has 0 unspecified atom stereocenters. The molecule has 1 amide bonds. The number of carbonyl (C=O) groups excluding carboxylic acids is 1. The normalized spacial score (nSPS) is 10.8. The van der Waals surface area contributed by atoms with Gasteiger partial charge < -0.3 is 0 Å². The molecule has 0 spiro atoms. The molecule has 0 aliphatic rings. The Kier molecular flexibility index (Phi) is 4.20. The SMILES string of the molecule is Cc1ccc(-n2c(=O)c(C(=O)Nc3nnnn3C)nn(C)c2=O)cc1C. The topological polar surface area (TPSA) is 130 Å². The molecule has 0 radical (unpaired) electrons. The Morgan fingerprint density at radius 1 is 1.08 bits per heavy atom. The van der Waals surface area contributed by atoms with Crippen LogP contribution in [0.5, 0.6) is 0 Å². The summed E-state index contributed by atoms with van der Waals surface area (Å²) >= 11 is 0. The van der Waals surface area contributed by atoms with E-state index in [0.29, 0.717) is 5.69 Å². The van der Waals surface area contributed by atoms with E-state index in [1.54, 1.807) is 18.2 Å². The smallest absolute Gasteiger partial charge is 0.288 e. The molecule has 11 nitrogen and oxygen atoms in total. The number of rotatable bonds is 3. The first kappa shape index (κ1) is 17.2. The average Bonchev–Trinajstić information content (AvgIpc) is 2.99. The largest absolute Gasteiger partial charge is 0.351 e. The van der Waals surface area contributed by atoms with Gasteiger partial charge in [0.05, 0.1) is 5.69 Å². The number of carbonyl (C=O) groups is 1. The van der Waals surface area contributed by atoms with Crippen LogP contribution in [0, 0.1) is 13.8 Å². The highest BCUT2D eigenvalue weighted by Gasteiger charge is 2.21. The van der Waals surface area contributed by atoms with E-state index in [2.05, 4.69) is 25.9 Å². The third kappa shape index (κ3) is 2.90. The Morgan fingerprint density at radius 2 is 1.81 bits per heavy atom. The summed E-state index contributed by atoms with van der Waals surface area (Å²) in [6, 6.07) is 5.13. The predicted molar refractivity (Wildman–Crippen MR) is 91.3 cm³/mol. The molecule has 134 valence electrons. The Labute approximate surface area is 146 Å². The van der Waals surface area contributed by atoms with Crippen LogP contribution >= 0.6 is 0 Å². The van der Waals surface area contributed by atoms with E-state index >= 15 is 0 Å². The quantitative estimate of drug-likeness (QED) is 0.658. The van der Waals surface area contributed by atoms with Gasteiger partial charge in [-0.3, -0.25) is 14.9 Å². The van der Waals surface area contributed by atoms with E-state index in [0.717, 1.165) is 20.4 Å². The molecule has 0 aliphatic carbocycles. The first-order valence-corrected chi connectivity index (χ1v) is 7.61. The van der Waals surface area contributed by atoms with Gasteiger partial charge in [0, 0.05) is 14.1 Å². The molecular formula is C15H16N8O3. The molecule has 1 aromatic carbocycles. The minimum atomic E-state index is -0.830. The standard InChI is InChI=1S/C15H16N8O3/c1-8-5-6-10(7-9(8)2)23-13(25)11(18-22(4)15(23)26)12(24)16-14-17-19-20-21(14)3/h5-7H,1-4H3,(H,16,17,20,24). The summed E-state index contributed by atoms with van der Waals surface area (Å²) in [5.41, 5.74) is 0.341. The second kappa shape index (κ2) is 6.35. The average molecular weight is 356 g/mol. The number of tetrazole rings is 1. The zero-order valence-corrected chi connectivity index (χ0v) is 14.6. The zero-order chi connectivity index (χ0) is 19.0. The highest BCUT2D eigenvalue weighted by atomic mass is 16.2. The number of hydrogen-bond donors (Lipinski definition) is 1. The third-order valence-electron chi connectivity index (χ3n) is 3.93. The highest BCUT2D eigenvalue weighted by molar-refractivity contribution is 6.01. The molecule has 3 aromatic rings. The van der Waals surface area contributed by atoms with Gasteiger partial charge in [-0.05, 0) is 47.5 Å². The summed E-state index contributed by atoms with van der Waals surface area (Å²) in [4.78, 5) is 37.6. The van der Waals surface area contributed by atoms with Gasteiger partial charge in [-0.1, -0.05) is 11.2 Å². The van der Waals surface area contributed by atoms with E-state index in [4.69, 9.17) is 0 Å². The molecule has 0 saturated heterocycles.